The van der Waals surface area contributed by atoms with E-state index in [4.69, 9.17) is 0 Å². The number of hydrogen-bond donors (Lipinski definition) is 1. The zero-order valence-corrected chi connectivity index (χ0v) is 51.5. The van der Waals surface area contributed by atoms with Crippen LogP contribution in [0.2, 0.25) is 0 Å². The zero-order valence-electron chi connectivity index (χ0n) is 49.9. The molecule has 6 nitrogen and oxygen atoms in total. The van der Waals surface area contributed by atoms with Crippen LogP contribution in [-0.4, -0.2) is 9.55 Å². The summed E-state index contributed by atoms with van der Waals surface area (Å²) in [5.41, 5.74) is 18.9. The Hall–Kier alpha value is -11.6. The van der Waals surface area contributed by atoms with Crippen molar-refractivity contribution in [1.82, 2.24) is 9.55 Å². The van der Waals surface area contributed by atoms with Gasteiger partial charge in [0.25, 0.3) is 0 Å². The van der Waals surface area contributed by atoms with Crippen molar-refractivity contribution in [2.45, 2.75) is 0 Å². The van der Waals surface area contributed by atoms with Crippen LogP contribution in [-0.2, 0) is 0 Å². The number of aromatic nitrogens is 2. The Morgan fingerprint density at radius 3 is 0.945 bits per heavy atom. The van der Waals surface area contributed by atoms with E-state index in [2.05, 4.69) is 391 Å². The van der Waals surface area contributed by atoms with Crippen molar-refractivity contribution in [2.75, 3.05) is 19.6 Å². The fourth-order valence-electron chi connectivity index (χ4n) is 12.2. The van der Waals surface area contributed by atoms with E-state index in [1.165, 1.54) is 27.1 Å². The van der Waals surface area contributed by atoms with Gasteiger partial charge in [0.05, 0.1) is 27.9 Å². The first kappa shape index (κ1) is 57.1. The van der Waals surface area contributed by atoms with E-state index >= 15 is 0 Å². The molecule has 0 aliphatic rings. The quantitative estimate of drug-likeness (QED) is 0.125. The number of anilines is 12. The molecular formula is C84H63BrN6. The monoisotopic (exact) mass is 1230 g/mol. The zero-order chi connectivity index (χ0) is 61.1. The highest BCUT2D eigenvalue weighted by Crippen LogP contribution is 2.49. The van der Waals surface area contributed by atoms with Gasteiger partial charge in [-0.1, -0.05) is 234 Å². The Bertz CT molecular complexity index is 4820. The van der Waals surface area contributed by atoms with Crippen LogP contribution in [0.25, 0.3) is 49.3 Å². The molecule has 2 aromatic heterocycles. The largest absolute Gasteiger partial charge is 0.353 e. The summed E-state index contributed by atoms with van der Waals surface area (Å²) in [6, 6.07) is 132. The molecule has 436 valence electrons. The second-order valence-corrected chi connectivity index (χ2v) is 22.8. The standard InChI is InChI=1S/C42H31N3.C36H27N3.C6H5Br/c1-6-18-32(19-7-1)43(33-20-8-2-9-21-33)37-30-39-38-28-16-17-29-40(38)45(36-26-14-5-15-27-36)42(39)41(31-37)44(34-22-10-3-11-23-34)35-24-12-4-13-25-35;1-5-15-27(16-6-1)38(28-17-7-2-8-18-28)31-25-33-32-23-13-14-24-34(32)37-36(33)35(26-31)39(29-19-9-3-10-20-29)30-21-11-4-12-22-30;7-6-4-2-1-3-5-6/h1-31H;1-26,37H;1-5H. The predicted molar refractivity (Wildman–Crippen MR) is 389 cm³/mol. The fraction of sp³-hybridized carbons (Fsp3) is 0. The molecule has 0 aliphatic carbocycles. The van der Waals surface area contributed by atoms with Gasteiger partial charge < -0.3 is 29.2 Å². The van der Waals surface area contributed by atoms with Gasteiger partial charge in [0.15, 0.2) is 0 Å². The first-order chi connectivity index (χ1) is 45.1. The third-order valence-electron chi connectivity index (χ3n) is 16.2. The summed E-state index contributed by atoms with van der Waals surface area (Å²) >= 11 is 3.31. The van der Waals surface area contributed by atoms with E-state index in [1.54, 1.807) is 0 Å². The molecule has 0 saturated carbocycles. The molecule has 91 heavy (non-hydrogen) atoms. The Kier molecular flexibility index (Phi) is 16.8. The highest BCUT2D eigenvalue weighted by molar-refractivity contribution is 9.10. The van der Waals surface area contributed by atoms with Gasteiger partial charge in [-0.15, -0.1) is 0 Å². The minimum absolute atomic E-state index is 1.09. The van der Waals surface area contributed by atoms with E-state index < -0.39 is 0 Å². The van der Waals surface area contributed by atoms with E-state index in [0.29, 0.717) is 0 Å². The predicted octanol–water partition coefficient (Wildman–Crippen LogP) is 24.4. The fourth-order valence-corrected chi connectivity index (χ4v) is 12.5. The summed E-state index contributed by atoms with van der Waals surface area (Å²) in [7, 11) is 0. The van der Waals surface area contributed by atoms with Crippen molar-refractivity contribution in [3.05, 3.63) is 381 Å². The maximum absolute atomic E-state index is 3.75. The van der Waals surface area contributed by atoms with Crippen LogP contribution in [0, 0.1) is 0 Å². The number of nitrogens with zero attached hydrogens (tertiary/aromatic N) is 5. The third kappa shape index (κ3) is 12.1. The number of para-hydroxylation sites is 11. The number of benzene rings is 14. The molecule has 0 atom stereocenters. The molecule has 0 bridgehead atoms. The van der Waals surface area contributed by atoms with E-state index in [1.807, 2.05) is 30.3 Å². The molecule has 16 rings (SSSR count). The maximum atomic E-state index is 3.75. The third-order valence-corrected chi connectivity index (χ3v) is 16.7. The lowest BCUT2D eigenvalue weighted by Crippen LogP contribution is -2.14. The van der Waals surface area contributed by atoms with Crippen LogP contribution in [0.15, 0.2) is 381 Å². The van der Waals surface area contributed by atoms with Gasteiger partial charge in [0.2, 0.25) is 0 Å². The molecule has 0 fully saturated rings. The summed E-state index contributed by atoms with van der Waals surface area (Å²) in [5.74, 6) is 0. The van der Waals surface area contributed by atoms with Gasteiger partial charge in [0, 0.05) is 94.1 Å². The normalized spacial score (nSPS) is 10.9. The molecule has 0 radical (unpaired) electrons. The smallest absolute Gasteiger partial charge is 0.0783 e. The van der Waals surface area contributed by atoms with Gasteiger partial charge in [-0.05, 0) is 158 Å². The number of hydrogen-bond acceptors (Lipinski definition) is 4. The SMILES string of the molecule is Brc1ccccc1.c1ccc(N(c2ccccc2)c2cc(N(c3ccccc3)c3ccccc3)c3[nH]c4ccccc4c3c2)cc1.c1ccc(N(c2ccccc2)c2cc(N(c3ccccc3)c3ccccc3)c3c(c2)c2ccccc2n3-c2ccccc2)cc1. The molecule has 2 heterocycles. The van der Waals surface area contributed by atoms with Crippen LogP contribution < -0.4 is 19.6 Å². The van der Waals surface area contributed by atoms with E-state index in [-0.39, 0.29) is 0 Å². The summed E-state index contributed by atoms with van der Waals surface area (Å²) in [5, 5.41) is 4.79. The van der Waals surface area contributed by atoms with Crippen LogP contribution in [0.4, 0.5) is 68.2 Å². The highest BCUT2D eigenvalue weighted by Gasteiger charge is 2.26. The van der Waals surface area contributed by atoms with Crippen LogP contribution in [0.1, 0.15) is 0 Å². The summed E-state index contributed by atoms with van der Waals surface area (Å²) in [6.07, 6.45) is 0. The average molecular weight is 1240 g/mol. The molecular weight excluding hydrogens is 1170 g/mol. The van der Waals surface area contributed by atoms with E-state index in [0.717, 1.165) is 95.0 Å². The second kappa shape index (κ2) is 26.8. The number of aromatic amines is 1. The van der Waals surface area contributed by atoms with Gasteiger partial charge in [0.1, 0.15) is 0 Å². The lowest BCUT2D eigenvalue weighted by atomic mass is 10.1. The van der Waals surface area contributed by atoms with E-state index in [9.17, 15) is 0 Å². The molecule has 7 heteroatoms. The molecule has 16 aromatic rings. The molecule has 0 spiro atoms. The Balaban J connectivity index is 0.000000144. The highest BCUT2D eigenvalue weighted by atomic mass is 79.9. The minimum atomic E-state index is 1.09. The van der Waals surface area contributed by atoms with Gasteiger partial charge in [-0.3, -0.25) is 0 Å². The topological polar surface area (TPSA) is 33.7 Å². The Morgan fingerprint density at radius 2 is 0.549 bits per heavy atom. The molecule has 0 saturated heterocycles. The minimum Gasteiger partial charge on any atom is -0.353 e. The van der Waals surface area contributed by atoms with Crippen molar-refractivity contribution in [3.8, 4) is 5.69 Å². The first-order valence-electron chi connectivity index (χ1n) is 30.6. The van der Waals surface area contributed by atoms with Crippen molar-refractivity contribution in [1.29, 1.82) is 0 Å². The van der Waals surface area contributed by atoms with Gasteiger partial charge in [-0.25, -0.2) is 0 Å². The molecule has 0 aliphatic heterocycles. The van der Waals surface area contributed by atoms with Gasteiger partial charge >= 0.3 is 0 Å². The molecule has 0 unspecified atom stereocenters. The lowest BCUT2D eigenvalue weighted by molar-refractivity contribution is 1.16. The van der Waals surface area contributed by atoms with Crippen molar-refractivity contribution in [3.63, 3.8) is 0 Å². The molecule has 14 aromatic carbocycles. The number of halogens is 1. The summed E-state index contributed by atoms with van der Waals surface area (Å²) in [4.78, 5) is 13.2. The molecule has 0 amide bonds. The van der Waals surface area contributed by atoms with Crippen LogP contribution >= 0.6 is 15.9 Å². The Labute approximate surface area is 539 Å². The summed E-state index contributed by atoms with van der Waals surface area (Å²) in [6.45, 7) is 0. The number of H-pyrrole nitrogens is 1. The number of rotatable bonds is 13. The van der Waals surface area contributed by atoms with Crippen LogP contribution in [0.3, 0.4) is 0 Å². The lowest BCUT2D eigenvalue weighted by Gasteiger charge is -2.30. The van der Waals surface area contributed by atoms with Crippen molar-refractivity contribution < 1.29 is 0 Å². The average Bonchev–Trinajstić information content (AvgIpc) is 1.63. The molecule has 1 N–H and O–H groups in total. The van der Waals surface area contributed by atoms with Crippen LogP contribution in [0.5, 0.6) is 0 Å². The van der Waals surface area contributed by atoms with Crippen molar-refractivity contribution in [2.24, 2.45) is 0 Å². The number of fused-ring (bicyclic) bond motifs is 6. The van der Waals surface area contributed by atoms with Crippen molar-refractivity contribution >= 4 is 128 Å². The first-order valence-corrected chi connectivity index (χ1v) is 31.4. The second-order valence-electron chi connectivity index (χ2n) is 21.9. The maximum Gasteiger partial charge on any atom is 0.0783 e. The summed E-state index contributed by atoms with van der Waals surface area (Å²) < 4.78 is 3.55. The van der Waals surface area contributed by atoms with Gasteiger partial charge in [-0.2, -0.15) is 0 Å². The number of nitrogens with one attached hydrogen (secondary N) is 1. The Morgan fingerprint density at radius 1 is 0.242 bits per heavy atom.